The van der Waals surface area contributed by atoms with Gasteiger partial charge in [-0.05, 0) is 25.2 Å². The molecule has 1 saturated heterocycles. The van der Waals surface area contributed by atoms with Gasteiger partial charge < -0.3 is 4.90 Å². The third kappa shape index (κ3) is 3.13. The highest BCUT2D eigenvalue weighted by atomic mass is 16.2. The van der Waals surface area contributed by atoms with Gasteiger partial charge in [0, 0.05) is 13.0 Å². The van der Waals surface area contributed by atoms with E-state index >= 15 is 0 Å². The third-order valence-electron chi connectivity index (χ3n) is 2.84. The zero-order chi connectivity index (χ0) is 10.8. The molecule has 0 bridgehead atoms. The number of hydrogen-bond donors (Lipinski definition) is 0. The molecule has 3 nitrogen and oxygen atoms in total. The van der Waals surface area contributed by atoms with Crippen LogP contribution in [0.3, 0.4) is 0 Å². The van der Waals surface area contributed by atoms with Crippen molar-refractivity contribution in [1.82, 2.24) is 4.90 Å². The topological polar surface area (TPSA) is 37.4 Å². The lowest BCUT2D eigenvalue weighted by molar-refractivity contribution is -0.134. The molecule has 0 aromatic carbocycles. The van der Waals surface area contributed by atoms with Crippen LogP contribution in [0.15, 0.2) is 0 Å². The van der Waals surface area contributed by atoms with Crippen LogP contribution in [0, 0.1) is 5.41 Å². The van der Waals surface area contributed by atoms with Crippen molar-refractivity contribution in [3.05, 3.63) is 0 Å². The molecule has 0 spiro atoms. The quantitative estimate of drug-likeness (QED) is 0.674. The number of ketones is 1. The highest BCUT2D eigenvalue weighted by Gasteiger charge is 2.27. The number of likely N-dealkylation sites (tertiary alicyclic amines) is 1. The molecule has 14 heavy (non-hydrogen) atoms. The van der Waals surface area contributed by atoms with E-state index in [4.69, 9.17) is 0 Å². The Kier molecular flexibility index (Phi) is 3.29. The summed E-state index contributed by atoms with van der Waals surface area (Å²) >= 11 is 0. The summed E-state index contributed by atoms with van der Waals surface area (Å²) in [7, 11) is 0. The first-order valence-electron chi connectivity index (χ1n) is 5.18. The maximum absolute atomic E-state index is 11.6. The first-order chi connectivity index (χ1) is 6.41. The van der Waals surface area contributed by atoms with Gasteiger partial charge >= 0.3 is 0 Å². The molecule has 0 saturated carbocycles. The van der Waals surface area contributed by atoms with Crippen molar-refractivity contribution in [3.63, 3.8) is 0 Å². The van der Waals surface area contributed by atoms with E-state index in [2.05, 4.69) is 13.8 Å². The fourth-order valence-corrected chi connectivity index (χ4v) is 1.73. The first kappa shape index (κ1) is 11.2. The highest BCUT2D eigenvalue weighted by molar-refractivity contribution is 5.84. The standard InChI is InChI=1S/C11H19NO2/c1-9(13)8-12-7-6-11(2,3)5-4-10(12)14/h4-8H2,1-3H3. The van der Waals surface area contributed by atoms with Gasteiger partial charge in [-0.1, -0.05) is 13.8 Å². The molecule has 1 fully saturated rings. The molecular formula is C11H19NO2. The van der Waals surface area contributed by atoms with Crippen LogP contribution in [0.2, 0.25) is 0 Å². The summed E-state index contributed by atoms with van der Waals surface area (Å²) < 4.78 is 0. The SMILES string of the molecule is CC(=O)CN1CCC(C)(C)CCC1=O. The largest absolute Gasteiger partial charge is 0.335 e. The van der Waals surface area contributed by atoms with Crippen molar-refractivity contribution >= 4 is 11.7 Å². The molecule has 3 heteroatoms. The highest BCUT2D eigenvalue weighted by Crippen LogP contribution is 2.30. The number of amides is 1. The summed E-state index contributed by atoms with van der Waals surface area (Å²) in [5.41, 5.74) is 0.237. The molecule has 1 rings (SSSR count). The van der Waals surface area contributed by atoms with Gasteiger partial charge in [-0.15, -0.1) is 0 Å². The fourth-order valence-electron chi connectivity index (χ4n) is 1.73. The Labute approximate surface area is 85.5 Å². The van der Waals surface area contributed by atoms with E-state index in [0.717, 1.165) is 19.4 Å². The average Bonchev–Trinajstić information content (AvgIpc) is 2.17. The summed E-state index contributed by atoms with van der Waals surface area (Å²) in [5.74, 6) is 0.198. The van der Waals surface area contributed by atoms with Crippen molar-refractivity contribution < 1.29 is 9.59 Å². The maximum Gasteiger partial charge on any atom is 0.222 e. The van der Waals surface area contributed by atoms with Gasteiger partial charge in [0.2, 0.25) is 5.91 Å². The van der Waals surface area contributed by atoms with Gasteiger partial charge in [0.15, 0.2) is 0 Å². The van der Waals surface area contributed by atoms with Crippen LogP contribution in [0.4, 0.5) is 0 Å². The molecule has 0 N–H and O–H groups in total. The lowest BCUT2D eigenvalue weighted by atomic mass is 9.85. The Balaban J connectivity index is 2.60. The van der Waals surface area contributed by atoms with Gasteiger partial charge in [-0.2, -0.15) is 0 Å². The molecule has 0 aromatic rings. The molecule has 1 aliphatic heterocycles. The minimum Gasteiger partial charge on any atom is -0.335 e. The second-order valence-electron chi connectivity index (χ2n) is 4.93. The van der Waals surface area contributed by atoms with E-state index in [1.807, 2.05) is 0 Å². The lowest BCUT2D eigenvalue weighted by Crippen LogP contribution is -2.34. The smallest absolute Gasteiger partial charge is 0.222 e. The van der Waals surface area contributed by atoms with Crippen molar-refractivity contribution in [1.29, 1.82) is 0 Å². The van der Waals surface area contributed by atoms with Crippen LogP contribution in [0.5, 0.6) is 0 Å². The molecule has 0 unspecified atom stereocenters. The van der Waals surface area contributed by atoms with Gasteiger partial charge in [-0.25, -0.2) is 0 Å². The summed E-state index contributed by atoms with van der Waals surface area (Å²) in [5, 5.41) is 0. The van der Waals surface area contributed by atoms with Crippen LogP contribution in [-0.4, -0.2) is 29.7 Å². The molecule has 0 radical (unpaired) electrons. The van der Waals surface area contributed by atoms with Gasteiger partial charge in [-0.3, -0.25) is 9.59 Å². The minimum atomic E-state index is 0.0676. The second kappa shape index (κ2) is 4.11. The summed E-state index contributed by atoms with van der Waals surface area (Å²) in [6, 6.07) is 0. The predicted molar refractivity (Wildman–Crippen MR) is 54.9 cm³/mol. The van der Waals surface area contributed by atoms with Gasteiger partial charge in [0.05, 0.1) is 6.54 Å². The van der Waals surface area contributed by atoms with Gasteiger partial charge in [0.1, 0.15) is 5.78 Å². The molecule has 0 aliphatic carbocycles. The number of nitrogens with zero attached hydrogens (tertiary/aromatic N) is 1. The minimum absolute atomic E-state index is 0.0676. The van der Waals surface area contributed by atoms with Crippen LogP contribution in [0.25, 0.3) is 0 Å². The van der Waals surface area contributed by atoms with Crippen LogP contribution < -0.4 is 0 Å². The van der Waals surface area contributed by atoms with Crippen LogP contribution in [-0.2, 0) is 9.59 Å². The second-order valence-corrected chi connectivity index (χ2v) is 4.93. The molecule has 0 atom stereocenters. The van der Waals surface area contributed by atoms with Crippen molar-refractivity contribution in [3.8, 4) is 0 Å². The van der Waals surface area contributed by atoms with E-state index in [0.29, 0.717) is 6.42 Å². The normalized spacial score (nSPS) is 21.9. The van der Waals surface area contributed by atoms with Crippen molar-refractivity contribution in [2.45, 2.75) is 40.0 Å². The summed E-state index contributed by atoms with van der Waals surface area (Å²) in [6.07, 6.45) is 2.51. The molecule has 0 aromatic heterocycles. The third-order valence-corrected chi connectivity index (χ3v) is 2.84. The van der Waals surface area contributed by atoms with Crippen LogP contribution >= 0.6 is 0 Å². The Morgan fingerprint density at radius 3 is 2.64 bits per heavy atom. The fraction of sp³-hybridized carbons (Fsp3) is 0.818. The molecule has 1 amide bonds. The van der Waals surface area contributed by atoms with Crippen molar-refractivity contribution in [2.75, 3.05) is 13.1 Å². The monoisotopic (exact) mass is 197 g/mol. The maximum atomic E-state index is 11.6. The Morgan fingerprint density at radius 2 is 2.07 bits per heavy atom. The average molecular weight is 197 g/mol. The molecular weight excluding hydrogens is 178 g/mol. The summed E-state index contributed by atoms with van der Waals surface area (Å²) in [6.45, 7) is 6.90. The Hall–Kier alpha value is -0.860. The van der Waals surface area contributed by atoms with E-state index in [9.17, 15) is 9.59 Å². The van der Waals surface area contributed by atoms with E-state index in [-0.39, 0.29) is 23.7 Å². The van der Waals surface area contributed by atoms with E-state index in [1.165, 1.54) is 6.92 Å². The number of hydrogen-bond acceptors (Lipinski definition) is 2. The van der Waals surface area contributed by atoms with Gasteiger partial charge in [0.25, 0.3) is 0 Å². The zero-order valence-corrected chi connectivity index (χ0v) is 9.30. The Morgan fingerprint density at radius 1 is 1.43 bits per heavy atom. The Bertz CT molecular complexity index is 246. The molecule has 1 aliphatic rings. The number of rotatable bonds is 2. The number of carbonyl (C=O) groups is 2. The van der Waals surface area contributed by atoms with Crippen LogP contribution in [0.1, 0.15) is 40.0 Å². The first-order valence-corrected chi connectivity index (χ1v) is 5.18. The lowest BCUT2D eigenvalue weighted by Gasteiger charge is -2.22. The molecule has 80 valence electrons. The number of Topliss-reactive ketones (excluding diaryl/α,β-unsaturated/α-hetero) is 1. The number of carbonyl (C=O) groups excluding carboxylic acids is 2. The van der Waals surface area contributed by atoms with Crippen molar-refractivity contribution in [2.24, 2.45) is 5.41 Å². The predicted octanol–water partition coefficient (Wildman–Crippen LogP) is 1.61. The zero-order valence-electron chi connectivity index (χ0n) is 9.30. The summed E-state index contributed by atoms with van der Waals surface area (Å²) in [4.78, 5) is 24.2. The molecule has 1 heterocycles. The van der Waals surface area contributed by atoms with E-state index < -0.39 is 0 Å². The van der Waals surface area contributed by atoms with E-state index in [1.54, 1.807) is 4.90 Å².